The topological polar surface area (TPSA) is 73.3 Å². The van der Waals surface area contributed by atoms with Crippen LogP contribution in [0, 0.1) is 12.8 Å². The van der Waals surface area contributed by atoms with Crippen LogP contribution in [-0.4, -0.2) is 47.0 Å². The molecule has 1 aliphatic rings. The minimum Gasteiger partial charge on any atom is -0.497 e. The summed E-state index contributed by atoms with van der Waals surface area (Å²) < 4.78 is 12.6. The number of aromatic hydroxyl groups is 1. The van der Waals surface area contributed by atoms with Crippen molar-refractivity contribution in [2.75, 3.05) is 27.3 Å². The van der Waals surface area contributed by atoms with Crippen LogP contribution in [0.25, 0.3) is 4.96 Å². The van der Waals surface area contributed by atoms with Crippen molar-refractivity contribution in [1.82, 2.24) is 14.6 Å². The van der Waals surface area contributed by atoms with Crippen LogP contribution in [0.3, 0.4) is 0 Å². The van der Waals surface area contributed by atoms with Gasteiger partial charge in [0.05, 0.1) is 32.9 Å². The number of benzene rings is 1. The van der Waals surface area contributed by atoms with Gasteiger partial charge in [-0.05, 0) is 31.9 Å². The third kappa shape index (κ3) is 3.31. The van der Waals surface area contributed by atoms with E-state index in [0.717, 1.165) is 35.0 Å². The molecule has 0 saturated carbocycles. The first-order chi connectivity index (χ1) is 13.5. The van der Waals surface area contributed by atoms with E-state index in [9.17, 15) is 5.11 Å². The van der Waals surface area contributed by atoms with Crippen LogP contribution in [0.4, 0.5) is 0 Å². The first-order valence-electron chi connectivity index (χ1n) is 9.63. The molecule has 2 N–H and O–H groups in total. The Hall–Kier alpha value is -2.32. The third-order valence-electron chi connectivity index (χ3n) is 5.53. The predicted octanol–water partition coefficient (Wildman–Crippen LogP) is 2.23. The van der Waals surface area contributed by atoms with Gasteiger partial charge in [0.1, 0.15) is 22.2 Å². The number of hydrogen-bond acceptors (Lipinski definition) is 6. The number of quaternary nitrogens is 1. The zero-order chi connectivity index (χ0) is 19.8. The zero-order valence-corrected chi connectivity index (χ0v) is 17.5. The van der Waals surface area contributed by atoms with Gasteiger partial charge >= 0.3 is 0 Å². The van der Waals surface area contributed by atoms with Crippen LogP contribution in [0.15, 0.2) is 18.2 Å². The Balaban J connectivity index is 1.86. The minimum atomic E-state index is -0.0441. The van der Waals surface area contributed by atoms with Crippen molar-refractivity contribution >= 4 is 16.3 Å². The number of nitrogens with zero attached hydrogens (tertiary/aromatic N) is 3. The van der Waals surface area contributed by atoms with Crippen molar-refractivity contribution in [3.63, 3.8) is 0 Å². The lowest BCUT2D eigenvalue weighted by atomic mass is 9.95. The number of aryl methyl sites for hydroxylation is 1. The summed E-state index contributed by atoms with van der Waals surface area (Å²) in [6.07, 6.45) is 2.42. The summed E-state index contributed by atoms with van der Waals surface area (Å²) in [6, 6.07) is 5.87. The fourth-order valence-corrected chi connectivity index (χ4v) is 5.41. The van der Waals surface area contributed by atoms with Crippen molar-refractivity contribution in [2.24, 2.45) is 5.92 Å². The number of methoxy groups -OCH3 is 2. The molecule has 7 nitrogen and oxygen atoms in total. The monoisotopic (exact) mass is 403 g/mol. The second-order valence-electron chi connectivity index (χ2n) is 7.54. The van der Waals surface area contributed by atoms with E-state index in [2.05, 4.69) is 23.1 Å². The van der Waals surface area contributed by atoms with Gasteiger partial charge in [-0.3, -0.25) is 0 Å². The lowest BCUT2D eigenvalue weighted by Gasteiger charge is -2.34. The Morgan fingerprint density at radius 3 is 2.82 bits per heavy atom. The minimum absolute atomic E-state index is 0.0441. The molecule has 1 fully saturated rings. The van der Waals surface area contributed by atoms with Gasteiger partial charge in [-0.25, -0.2) is 4.98 Å². The highest BCUT2D eigenvalue weighted by molar-refractivity contribution is 7.17. The molecule has 0 bridgehead atoms. The summed E-state index contributed by atoms with van der Waals surface area (Å²) in [5.41, 5.74) is 1.05. The van der Waals surface area contributed by atoms with E-state index in [1.807, 2.05) is 19.1 Å². The largest absolute Gasteiger partial charge is 0.497 e. The highest BCUT2D eigenvalue weighted by Crippen LogP contribution is 2.39. The molecule has 4 rings (SSSR count). The van der Waals surface area contributed by atoms with Gasteiger partial charge in [0.15, 0.2) is 6.04 Å². The molecule has 1 aromatic carbocycles. The Morgan fingerprint density at radius 1 is 1.32 bits per heavy atom. The predicted molar refractivity (Wildman–Crippen MR) is 108 cm³/mol. The number of likely N-dealkylation sites (tertiary alicyclic amines) is 1. The molecule has 3 aromatic rings. The Kier molecular flexibility index (Phi) is 5.16. The third-order valence-corrected chi connectivity index (χ3v) is 6.62. The number of hydrogen-bond donors (Lipinski definition) is 2. The number of thiazole rings is 1. The molecule has 2 aromatic heterocycles. The van der Waals surface area contributed by atoms with Gasteiger partial charge in [-0.2, -0.15) is 4.52 Å². The molecule has 8 heteroatoms. The molecule has 1 saturated heterocycles. The number of ether oxygens (including phenoxy) is 2. The van der Waals surface area contributed by atoms with E-state index in [1.54, 1.807) is 18.7 Å². The van der Waals surface area contributed by atoms with Gasteiger partial charge in [0.2, 0.25) is 10.8 Å². The SMILES string of the molecule is COc1ccc([C@H](c2sc3nc(C)nn3c2O)[NH+]2CCC[C@H](C)C2)c(OC)c1. The van der Waals surface area contributed by atoms with E-state index in [0.29, 0.717) is 16.7 Å². The van der Waals surface area contributed by atoms with Crippen molar-refractivity contribution in [3.8, 4) is 17.4 Å². The molecule has 0 amide bonds. The maximum absolute atomic E-state index is 11.0. The van der Waals surface area contributed by atoms with E-state index in [4.69, 9.17) is 9.47 Å². The maximum atomic E-state index is 11.0. The van der Waals surface area contributed by atoms with Gasteiger partial charge in [0, 0.05) is 12.0 Å². The quantitative estimate of drug-likeness (QED) is 0.683. The second-order valence-corrected chi connectivity index (χ2v) is 8.55. The zero-order valence-electron chi connectivity index (χ0n) is 16.7. The van der Waals surface area contributed by atoms with Crippen molar-refractivity contribution in [1.29, 1.82) is 0 Å². The summed E-state index contributed by atoms with van der Waals surface area (Å²) in [7, 11) is 3.33. The van der Waals surface area contributed by atoms with Crippen LogP contribution in [0.5, 0.6) is 17.4 Å². The first-order valence-corrected chi connectivity index (χ1v) is 10.4. The summed E-state index contributed by atoms with van der Waals surface area (Å²) in [6.45, 7) is 6.23. The Labute approximate surface area is 168 Å². The fourth-order valence-electron chi connectivity index (χ4n) is 4.23. The Bertz CT molecular complexity index is 983. The summed E-state index contributed by atoms with van der Waals surface area (Å²) >= 11 is 1.50. The van der Waals surface area contributed by atoms with Gasteiger partial charge in [-0.1, -0.05) is 18.3 Å². The van der Waals surface area contributed by atoms with Crippen LogP contribution < -0.4 is 14.4 Å². The van der Waals surface area contributed by atoms with Gasteiger partial charge < -0.3 is 19.5 Å². The molecule has 0 spiro atoms. The normalized spacial score (nSPS) is 21.0. The highest BCUT2D eigenvalue weighted by Gasteiger charge is 2.37. The number of aromatic nitrogens is 3. The second kappa shape index (κ2) is 7.60. The highest BCUT2D eigenvalue weighted by atomic mass is 32.1. The van der Waals surface area contributed by atoms with Gasteiger partial charge in [0.25, 0.3) is 0 Å². The standard InChI is InChI=1S/C20H26N4O3S/c1-12-6-5-9-23(11-12)17(15-8-7-14(26-3)10-16(15)27-4)18-19(25)24-20(28-18)21-13(2)22-24/h7-8,10,12,17,25H,5-6,9,11H2,1-4H3/p+1/t12-,17+/m0/s1. The van der Waals surface area contributed by atoms with Crippen LogP contribution in [0.2, 0.25) is 0 Å². The van der Waals surface area contributed by atoms with Crippen LogP contribution >= 0.6 is 11.3 Å². The van der Waals surface area contributed by atoms with E-state index >= 15 is 0 Å². The fraction of sp³-hybridized carbons (Fsp3) is 0.500. The van der Waals surface area contributed by atoms with Crippen LogP contribution in [-0.2, 0) is 0 Å². The number of nitrogens with one attached hydrogen (secondary N) is 1. The molecule has 3 heterocycles. The lowest BCUT2D eigenvalue weighted by Crippen LogP contribution is -3.13. The molecule has 3 atom stereocenters. The summed E-state index contributed by atoms with van der Waals surface area (Å²) in [5.74, 6) is 3.00. The molecule has 0 aliphatic carbocycles. The summed E-state index contributed by atoms with van der Waals surface area (Å²) in [4.78, 5) is 7.47. The van der Waals surface area contributed by atoms with Gasteiger partial charge in [-0.15, -0.1) is 5.10 Å². The number of rotatable bonds is 5. The number of piperidine rings is 1. The first kappa shape index (κ1) is 19.0. The lowest BCUT2D eigenvalue weighted by molar-refractivity contribution is -0.933. The van der Waals surface area contributed by atoms with Crippen molar-refractivity contribution < 1.29 is 19.5 Å². The average molecular weight is 404 g/mol. The van der Waals surface area contributed by atoms with E-state index < -0.39 is 0 Å². The van der Waals surface area contributed by atoms with E-state index in [1.165, 1.54) is 29.1 Å². The molecule has 1 unspecified atom stereocenters. The number of fused-ring (bicyclic) bond motifs is 1. The van der Waals surface area contributed by atoms with Crippen LogP contribution in [0.1, 0.15) is 42.1 Å². The molecular weight excluding hydrogens is 376 g/mol. The molecule has 150 valence electrons. The molecule has 1 aliphatic heterocycles. The summed E-state index contributed by atoms with van der Waals surface area (Å²) in [5, 5.41) is 15.3. The maximum Gasteiger partial charge on any atom is 0.235 e. The molecule has 28 heavy (non-hydrogen) atoms. The average Bonchev–Trinajstić information content (AvgIpc) is 3.20. The smallest absolute Gasteiger partial charge is 0.235 e. The van der Waals surface area contributed by atoms with E-state index in [-0.39, 0.29) is 11.9 Å². The molecule has 0 radical (unpaired) electrons. The van der Waals surface area contributed by atoms with Crippen molar-refractivity contribution in [3.05, 3.63) is 34.5 Å². The van der Waals surface area contributed by atoms with Crippen molar-refractivity contribution in [2.45, 2.75) is 32.7 Å². The molecular formula is C20H27N4O3S+. The Morgan fingerprint density at radius 2 is 2.14 bits per heavy atom.